The molecule has 0 spiro atoms. The number of rotatable bonds is 2. The van der Waals surface area contributed by atoms with Crippen molar-refractivity contribution in [2.24, 2.45) is 0 Å². The second-order valence-electron chi connectivity index (χ2n) is 1.94. The van der Waals surface area contributed by atoms with Crippen LogP contribution in [0.2, 0.25) is 0 Å². The van der Waals surface area contributed by atoms with Crippen LogP contribution >= 0.6 is 0 Å². The molecule has 58 valence electrons. The predicted molar refractivity (Wildman–Crippen MR) is 39.5 cm³/mol. The van der Waals surface area contributed by atoms with Gasteiger partial charge in [0.1, 0.15) is 0 Å². The normalized spacial score (nSPS) is 9.09. The van der Waals surface area contributed by atoms with Crippen molar-refractivity contribution in [2.45, 2.75) is 0 Å². The number of nitrogens with one attached hydrogen (secondary N) is 1. The number of phenols is 2. The summed E-state index contributed by atoms with van der Waals surface area (Å²) in [5.74, 6) is -0.573. The van der Waals surface area contributed by atoms with Crippen molar-refractivity contribution in [2.75, 3.05) is 5.32 Å². The quantitative estimate of drug-likeness (QED) is 0.432. The van der Waals surface area contributed by atoms with Gasteiger partial charge in [-0.1, -0.05) is 6.07 Å². The molecule has 1 aromatic rings. The number of aromatic hydroxyl groups is 2. The molecule has 0 aromatic heterocycles. The van der Waals surface area contributed by atoms with Gasteiger partial charge in [0.05, 0.1) is 5.69 Å². The molecule has 0 saturated carbocycles. The molecule has 1 rings (SSSR count). The molecule has 0 aliphatic carbocycles. The maximum atomic E-state index is 9.93. The van der Waals surface area contributed by atoms with Crippen LogP contribution in [0.5, 0.6) is 11.5 Å². The first-order chi connectivity index (χ1) is 5.25. The van der Waals surface area contributed by atoms with E-state index in [4.69, 9.17) is 10.2 Å². The van der Waals surface area contributed by atoms with Crippen LogP contribution in [0.3, 0.4) is 0 Å². The molecule has 11 heavy (non-hydrogen) atoms. The summed E-state index contributed by atoms with van der Waals surface area (Å²) in [7, 11) is 0. The van der Waals surface area contributed by atoms with E-state index in [0.29, 0.717) is 6.41 Å². The van der Waals surface area contributed by atoms with Gasteiger partial charge in [0.15, 0.2) is 11.5 Å². The minimum absolute atomic E-state index is 0.194. The van der Waals surface area contributed by atoms with E-state index >= 15 is 0 Å². The first-order valence-electron chi connectivity index (χ1n) is 2.97. The van der Waals surface area contributed by atoms with E-state index in [2.05, 4.69) is 5.32 Å². The summed E-state index contributed by atoms with van der Waals surface area (Å²) < 4.78 is 0. The molecule has 1 amide bonds. The fourth-order valence-corrected chi connectivity index (χ4v) is 0.711. The zero-order chi connectivity index (χ0) is 8.27. The minimum Gasteiger partial charge on any atom is -0.504 e. The number of carbonyl (C=O) groups is 1. The van der Waals surface area contributed by atoms with Crippen LogP contribution in [-0.2, 0) is 4.79 Å². The number of benzene rings is 1. The van der Waals surface area contributed by atoms with Crippen molar-refractivity contribution >= 4 is 12.1 Å². The lowest BCUT2D eigenvalue weighted by Gasteiger charge is -2.02. The summed E-state index contributed by atoms with van der Waals surface area (Å²) in [5, 5.41) is 20.2. The maximum Gasteiger partial charge on any atom is 0.211 e. The Labute approximate surface area is 63.1 Å². The Morgan fingerprint density at radius 2 is 2.09 bits per heavy atom. The fourth-order valence-electron chi connectivity index (χ4n) is 0.711. The van der Waals surface area contributed by atoms with Crippen molar-refractivity contribution < 1.29 is 15.0 Å². The number of hydrogen-bond acceptors (Lipinski definition) is 3. The number of hydrogen-bond donors (Lipinski definition) is 3. The zero-order valence-electron chi connectivity index (χ0n) is 5.61. The fraction of sp³-hybridized carbons (Fsp3) is 0. The highest BCUT2D eigenvalue weighted by atomic mass is 16.3. The molecule has 0 aliphatic rings. The third kappa shape index (κ3) is 1.40. The lowest BCUT2D eigenvalue weighted by molar-refractivity contribution is -0.105. The van der Waals surface area contributed by atoms with Gasteiger partial charge in [-0.25, -0.2) is 0 Å². The SMILES string of the molecule is O=CNc1cccc(O)c1O. The van der Waals surface area contributed by atoms with Crippen LogP contribution in [0, 0.1) is 0 Å². The molecule has 1 aromatic carbocycles. The van der Waals surface area contributed by atoms with Gasteiger partial charge in [-0.15, -0.1) is 0 Å². The molecular formula is C7H7NO3. The first kappa shape index (κ1) is 7.40. The summed E-state index contributed by atoms with van der Waals surface area (Å²) in [6, 6.07) is 4.32. The van der Waals surface area contributed by atoms with E-state index < -0.39 is 0 Å². The van der Waals surface area contributed by atoms with Crippen molar-refractivity contribution in [3.8, 4) is 11.5 Å². The maximum absolute atomic E-state index is 9.93. The van der Waals surface area contributed by atoms with E-state index in [0.717, 1.165) is 0 Å². The summed E-state index contributed by atoms with van der Waals surface area (Å²) in [5.41, 5.74) is 0.194. The second kappa shape index (κ2) is 2.92. The molecule has 0 radical (unpaired) electrons. The van der Waals surface area contributed by atoms with E-state index in [1.54, 1.807) is 0 Å². The Morgan fingerprint density at radius 1 is 1.36 bits per heavy atom. The summed E-state index contributed by atoms with van der Waals surface area (Å²) in [4.78, 5) is 9.93. The molecule has 0 bridgehead atoms. The van der Waals surface area contributed by atoms with Gasteiger partial charge in [0.2, 0.25) is 6.41 Å². The van der Waals surface area contributed by atoms with Crippen molar-refractivity contribution in [1.82, 2.24) is 0 Å². The Balaban J connectivity index is 3.05. The van der Waals surface area contributed by atoms with Crippen LogP contribution in [0.1, 0.15) is 0 Å². The predicted octanol–water partition coefficient (Wildman–Crippen LogP) is 0.666. The molecule has 0 aliphatic heterocycles. The summed E-state index contributed by atoms with van der Waals surface area (Å²) in [6.07, 6.45) is 0.425. The molecule has 0 fully saturated rings. The second-order valence-corrected chi connectivity index (χ2v) is 1.94. The monoisotopic (exact) mass is 153 g/mol. The number of anilines is 1. The average molecular weight is 153 g/mol. The molecule has 0 unspecified atom stereocenters. The first-order valence-corrected chi connectivity index (χ1v) is 2.97. The van der Waals surface area contributed by atoms with Gasteiger partial charge in [-0.2, -0.15) is 0 Å². The summed E-state index contributed by atoms with van der Waals surface area (Å²) >= 11 is 0. The zero-order valence-corrected chi connectivity index (χ0v) is 5.61. The lowest BCUT2D eigenvalue weighted by Crippen LogP contribution is -1.93. The highest BCUT2D eigenvalue weighted by Crippen LogP contribution is 2.31. The smallest absolute Gasteiger partial charge is 0.211 e. The Hall–Kier alpha value is -1.71. The van der Waals surface area contributed by atoms with Gasteiger partial charge in [-0.05, 0) is 12.1 Å². The van der Waals surface area contributed by atoms with Crippen LogP contribution < -0.4 is 5.32 Å². The number of amides is 1. The van der Waals surface area contributed by atoms with E-state index in [1.807, 2.05) is 0 Å². The van der Waals surface area contributed by atoms with Gasteiger partial charge in [-0.3, -0.25) is 4.79 Å². The third-order valence-electron chi connectivity index (χ3n) is 1.23. The highest BCUT2D eigenvalue weighted by Gasteiger charge is 2.02. The van der Waals surface area contributed by atoms with E-state index in [-0.39, 0.29) is 17.2 Å². The van der Waals surface area contributed by atoms with Crippen LogP contribution in [0.15, 0.2) is 18.2 Å². The molecule has 4 nitrogen and oxygen atoms in total. The van der Waals surface area contributed by atoms with Gasteiger partial charge >= 0.3 is 0 Å². The van der Waals surface area contributed by atoms with E-state index in [1.165, 1.54) is 18.2 Å². The number of para-hydroxylation sites is 1. The highest BCUT2D eigenvalue weighted by molar-refractivity contribution is 5.76. The molecule has 4 heteroatoms. The standard InChI is InChI=1S/C7H7NO3/c9-4-8-5-2-1-3-6(10)7(5)11/h1-4,10-11H,(H,8,9). The molecule has 0 heterocycles. The van der Waals surface area contributed by atoms with Crippen LogP contribution in [-0.4, -0.2) is 16.6 Å². The van der Waals surface area contributed by atoms with Crippen molar-refractivity contribution in [1.29, 1.82) is 0 Å². The lowest BCUT2D eigenvalue weighted by atomic mass is 10.3. The van der Waals surface area contributed by atoms with Gasteiger partial charge < -0.3 is 15.5 Å². The summed E-state index contributed by atoms with van der Waals surface area (Å²) in [6.45, 7) is 0. The Bertz CT molecular complexity index is 272. The average Bonchev–Trinajstić information content (AvgIpc) is 1.99. The van der Waals surface area contributed by atoms with E-state index in [9.17, 15) is 4.79 Å². The van der Waals surface area contributed by atoms with Gasteiger partial charge in [0.25, 0.3) is 0 Å². The Kier molecular flexibility index (Phi) is 1.96. The molecule has 0 saturated heterocycles. The van der Waals surface area contributed by atoms with Crippen molar-refractivity contribution in [3.63, 3.8) is 0 Å². The third-order valence-corrected chi connectivity index (χ3v) is 1.23. The van der Waals surface area contributed by atoms with Gasteiger partial charge in [0, 0.05) is 0 Å². The van der Waals surface area contributed by atoms with Crippen LogP contribution in [0.4, 0.5) is 5.69 Å². The largest absolute Gasteiger partial charge is 0.504 e. The minimum atomic E-state index is -0.320. The molecular weight excluding hydrogens is 146 g/mol. The topological polar surface area (TPSA) is 69.6 Å². The molecule has 0 atom stereocenters. The molecule has 3 N–H and O–H groups in total. The van der Waals surface area contributed by atoms with Crippen molar-refractivity contribution in [3.05, 3.63) is 18.2 Å². The number of carbonyl (C=O) groups excluding carboxylic acids is 1. The Morgan fingerprint density at radius 3 is 2.73 bits per heavy atom. The number of phenolic OH excluding ortho intramolecular Hbond substituents is 2. The van der Waals surface area contributed by atoms with Crippen LogP contribution in [0.25, 0.3) is 0 Å².